The molecule has 2 saturated heterocycles. The highest BCUT2D eigenvalue weighted by Crippen LogP contribution is 2.18. The Labute approximate surface area is 137 Å². The number of pyridine rings is 1. The van der Waals surface area contributed by atoms with E-state index >= 15 is 0 Å². The van der Waals surface area contributed by atoms with Crippen LogP contribution in [0.1, 0.15) is 31.7 Å². The van der Waals surface area contributed by atoms with Crippen LogP contribution in [0, 0.1) is 0 Å². The van der Waals surface area contributed by atoms with Gasteiger partial charge in [-0.2, -0.15) is 0 Å². The summed E-state index contributed by atoms with van der Waals surface area (Å²) in [5.74, 6) is 1.02. The van der Waals surface area contributed by atoms with Gasteiger partial charge in [-0.1, -0.05) is 0 Å². The summed E-state index contributed by atoms with van der Waals surface area (Å²) in [4.78, 5) is 20.9. The van der Waals surface area contributed by atoms with Crippen LogP contribution in [-0.4, -0.2) is 54.8 Å². The van der Waals surface area contributed by atoms with Crippen LogP contribution in [0.5, 0.6) is 0 Å². The second-order valence-corrected chi connectivity index (χ2v) is 6.36. The fraction of sp³-hybridized carbons (Fsp3) is 0.647. The quantitative estimate of drug-likeness (QED) is 0.926. The zero-order valence-corrected chi connectivity index (χ0v) is 13.8. The highest BCUT2D eigenvalue weighted by molar-refractivity contribution is 5.74. The van der Waals surface area contributed by atoms with E-state index in [2.05, 4.69) is 21.3 Å². The van der Waals surface area contributed by atoms with Crippen molar-refractivity contribution in [2.45, 2.75) is 38.8 Å². The third-order valence-electron chi connectivity index (χ3n) is 4.46. The van der Waals surface area contributed by atoms with Gasteiger partial charge < -0.3 is 19.9 Å². The molecule has 0 radical (unpaired) electrons. The second-order valence-electron chi connectivity index (χ2n) is 6.36. The third-order valence-corrected chi connectivity index (χ3v) is 4.46. The summed E-state index contributed by atoms with van der Waals surface area (Å²) in [5, 5.41) is 3.00. The number of nitrogens with zero attached hydrogens (tertiary/aromatic N) is 3. The summed E-state index contributed by atoms with van der Waals surface area (Å²) in [6.07, 6.45) is 5.73. The van der Waals surface area contributed by atoms with E-state index in [0.717, 1.165) is 24.5 Å². The molecule has 1 N–H and O–H groups in total. The summed E-state index contributed by atoms with van der Waals surface area (Å²) in [7, 11) is 0. The van der Waals surface area contributed by atoms with Crippen LogP contribution in [0.15, 0.2) is 18.3 Å². The largest absolute Gasteiger partial charge is 0.375 e. The van der Waals surface area contributed by atoms with Crippen LogP contribution in [-0.2, 0) is 11.3 Å². The second kappa shape index (κ2) is 7.64. The molecular formula is C17H26N4O2. The van der Waals surface area contributed by atoms with Gasteiger partial charge in [-0.25, -0.2) is 9.78 Å². The zero-order chi connectivity index (χ0) is 16.1. The maximum Gasteiger partial charge on any atom is 0.317 e. The van der Waals surface area contributed by atoms with Gasteiger partial charge in [0.15, 0.2) is 0 Å². The minimum absolute atomic E-state index is 0.0171. The van der Waals surface area contributed by atoms with E-state index in [4.69, 9.17) is 4.74 Å². The van der Waals surface area contributed by atoms with Crippen LogP contribution in [0.3, 0.4) is 0 Å². The molecule has 1 atom stereocenters. The Hall–Kier alpha value is -1.82. The van der Waals surface area contributed by atoms with Crippen molar-refractivity contribution >= 4 is 11.8 Å². The summed E-state index contributed by atoms with van der Waals surface area (Å²) in [6.45, 7) is 6.61. The third kappa shape index (κ3) is 4.34. The van der Waals surface area contributed by atoms with Gasteiger partial charge in [-0.3, -0.25) is 0 Å². The SMILES string of the molecule is CC1CN(C(=O)NCc2ccnc(N3CCCCC3)c2)CCO1. The monoisotopic (exact) mass is 318 g/mol. The number of anilines is 1. The molecule has 3 rings (SSSR count). The normalized spacial score (nSPS) is 22.0. The highest BCUT2D eigenvalue weighted by Gasteiger charge is 2.21. The topological polar surface area (TPSA) is 57.7 Å². The van der Waals surface area contributed by atoms with E-state index in [9.17, 15) is 4.79 Å². The number of morpholine rings is 1. The van der Waals surface area contributed by atoms with Gasteiger partial charge in [0.1, 0.15) is 5.82 Å². The molecule has 0 bridgehead atoms. The Morgan fingerprint density at radius 1 is 1.35 bits per heavy atom. The smallest absolute Gasteiger partial charge is 0.317 e. The summed E-state index contributed by atoms with van der Waals surface area (Å²) in [6, 6.07) is 4.04. The van der Waals surface area contributed by atoms with Gasteiger partial charge in [0.25, 0.3) is 0 Å². The van der Waals surface area contributed by atoms with Gasteiger partial charge in [0.2, 0.25) is 0 Å². The molecule has 1 aromatic rings. The molecule has 2 aliphatic rings. The standard InChI is InChI=1S/C17H26N4O2/c1-14-13-21(9-10-23-14)17(22)19-12-15-5-6-18-16(11-15)20-7-3-2-4-8-20/h5-6,11,14H,2-4,7-10,12-13H2,1H3,(H,19,22). The fourth-order valence-electron chi connectivity index (χ4n) is 3.16. The first-order chi connectivity index (χ1) is 11.2. The molecule has 23 heavy (non-hydrogen) atoms. The van der Waals surface area contributed by atoms with Crippen molar-refractivity contribution < 1.29 is 9.53 Å². The number of piperidine rings is 1. The average Bonchev–Trinajstić information content (AvgIpc) is 2.61. The van der Waals surface area contributed by atoms with Crippen LogP contribution >= 0.6 is 0 Å². The lowest BCUT2D eigenvalue weighted by Crippen LogP contribution is -2.48. The fourth-order valence-corrected chi connectivity index (χ4v) is 3.16. The van der Waals surface area contributed by atoms with E-state index in [1.54, 1.807) is 0 Å². The Bertz CT molecular complexity index is 531. The van der Waals surface area contributed by atoms with E-state index in [1.165, 1.54) is 19.3 Å². The number of urea groups is 1. The molecule has 0 spiro atoms. The summed E-state index contributed by atoms with van der Waals surface area (Å²) >= 11 is 0. The number of nitrogens with one attached hydrogen (secondary N) is 1. The van der Waals surface area contributed by atoms with E-state index in [1.807, 2.05) is 24.1 Å². The maximum absolute atomic E-state index is 12.2. The molecule has 126 valence electrons. The van der Waals surface area contributed by atoms with Gasteiger partial charge in [0.05, 0.1) is 12.7 Å². The Balaban J connectivity index is 1.54. The van der Waals surface area contributed by atoms with E-state index in [-0.39, 0.29) is 12.1 Å². The average molecular weight is 318 g/mol. The van der Waals surface area contributed by atoms with Crippen molar-refractivity contribution in [3.05, 3.63) is 23.9 Å². The van der Waals surface area contributed by atoms with Crippen LogP contribution < -0.4 is 10.2 Å². The molecule has 6 nitrogen and oxygen atoms in total. The number of carbonyl (C=O) groups excluding carboxylic acids is 1. The van der Waals surface area contributed by atoms with Crippen molar-refractivity contribution in [1.82, 2.24) is 15.2 Å². The first kappa shape index (κ1) is 16.1. The van der Waals surface area contributed by atoms with Gasteiger partial charge in [-0.15, -0.1) is 0 Å². The van der Waals surface area contributed by atoms with Crippen LogP contribution in [0.4, 0.5) is 10.6 Å². The highest BCUT2D eigenvalue weighted by atomic mass is 16.5. The molecule has 2 amide bonds. The number of hydrogen-bond acceptors (Lipinski definition) is 4. The summed E-state index contributed by atoms with van der Waals surface area (Å²) < 4.78 is 5.47. The minimum atomic E-state index is -0.0171. The molecule has 1 unspecified atom stereocenters. The lowest BCUT2D eigenvalue weighted by atomic mass is 10.1. The first-order valence-corrected chi connectivity index (χ1v) is 8.56. The number of carbonyl (C=O) groups is 1. The molecule has 0 aromatic carbocycles. The Morgan fingerprint density at radius 3 is 2.96 bits per heavy atom. The summed E-state index contributed by atoms with van der Waals surface area (Å²) in [5.41, 5.74) is 1.09. The number of amides is 2. The van der Waals surface area contributed by atoms with Gasteiger partial charge in [-0.05, 0) is 43.9 Å². The number of hydrogen-bond donors (Lipinski definition) is 1. The van der Waals surface area contributed by atoms with Crippen LogP contribution in [0.25, 0.3) is 0 Å². The van der Waals surface area contributed by atoms with E-state index in [0.29, 0.717) is 26.2 Å². The van der Waals surface area contributed by atoms with Crippen molar-refractivity contribution in [2.75, 3.05) is 37.7 Å². The first-order valence-electron chi connectivity index (χ1n) is 8.56. The lowest BCUT2D eigenvalue weighted by molar-refractivity contribution is -0.00351. The Morgan fingerprint density at radius 2 is 2.17 bits per heavy atom. The predicted octanol–water partition coefficient (Wildman–Crippen LogP) is 2.00. The molecule has 2 fully saturated rings. The molecule has 1 aromatic heterocycles. The molecule has 0 saturated carbocycles. The number of ether oxygens (including phenoxy) is 1. The maximum atomic E-state index is 12.2. The van der Waals surface area contributed by atoms with Crippen molar-refractivity contribution in [1.29, 1.82) is 0 Å². The Kier molecular flexibility index (Phi) is 5.33. The molecule has 6 heteroatoms. The lowest BCUT2D eigenvalue weighted by Gasteiger charge is -2.31. The number of rotatable bonds is 3. The number of aromatic nitrogens is 1. The van der Waals surface area contributed by atoms with Gasteiger partial charge >= 0.3 is 6.03 Å². The van der Waals surface area contributed by atoms with E-state index < -0.39 is 0 Å². The predicted molar refractivity (Wildman–Crippen MR) is 89.5 cm³/mol. The minimum Gasteiger partial charge on any atom is -0.375 e. The van der Waals surface area contributed by atoms with Crippen molar-refractivity contribution in [3.8, 4) is 0 Å². The zero-order valence-electron chi connectivity index (χ0n) is 13.8. The van der Waals surface area contributed by atoms with Crippen molar-refractivity contribution in [2.24, 2.45) is 0 Å². The van der Waals surface area contributed by atoms with Crippen molar-refractivity contribution in [3.63, 3.8) is 0 Å². The van der Waals surface area contributed by atoms with Crippen LogP contribution in [0.2, 0.25) is 0 Å². The molecule has 2 aliphatic heterocycles. The molecule has 3 heterocycles. The van der Waals surface area contributed by atoms with Gasteiger partial charge in [0, 0.05) is 38.9 Å². The molecular weight excluding hydrogens is 292 g/mol. The molecule has 0 aliphatic carbocycles.